The smallest absolute Gasteiger partial charge is 0.354 e. The first-order valence-electron chi connectivity index (χ1n) is 9.71. The maximum Gasteiger partial charge on any atom is 0.354 e. The van der Waals surface area contributed by atoms with Crippen LogP contribution in [0.2, 0.25) is 0 Å². The monoisotopic (exact) mass is 454 g/mol. The molecule has 3 rings (SSSR count). The molecule has 0 unspecified atom stereocenters. The molecule has 0 spiro atoms. The maximum absolute atomic E-state index is 14.3. The summed E-state index contributed by atoms with van der Waals surface area (Å²) in [5.41, 5.74) is 2.92. The molecule has 2 aromatic heterocycles. The zero-order valence-corrected chi connectivity index (χ0v) is 19.3. The molecule has 2 aromatic rings. The van der Waals surface area contributed by atoms with Gasteiger partial charge in [-0.25, -0.2) is 18.5 Å². The molecule has 30 heavy (non-hydrogen) atoms. The van der Waals surface area contributed by atoms with Gasteiger partial charge in [0.15, 0.2) is 19.9 Å². The van der Waals surface area contributed by atoms with Crippen LogP contribution >= 0.6 is 11.3 Å². The number of amides is 2. The van der Waals surface area contributed by atoms with Crippen LogP contribution in [0.1, 0.15) is 67.4 Å². The summed E-state index contributed by atoms with van der Waals surface area (Å²) in [5, 5.41) is 18.5. The summed E-state index contributed by atoms with van der Waals surface area (Å²) in [6, 6.07) is 0.160. The van der Waals surface area contributed by atoms with Gasteiger partial charge >= 0.3 is 6.03 Å². The minimum absolute atomic E-state index is 0.169. The van der Waals surface area contributed by atoms with Crippen molar-refractivity contribution in [2.45, 2.75) is 69.6 Å². The van der Waals surface area contributed by atoms with Gasteiger partial charge in [-0.3, -0.25) is 4.98 Å². The first-order chi connectivity index (χ1) is 13.8. The van der Waals surface area contributed by atoms with Crippen LogP contribution in [-0.2, 0) is 28.4 Å². The average molecular weight is 455 g/mol. The standard InChI is InChI=1S/C20H27FN4O3S2/c1-10(2)16-11(3)17(12-7-6-8-14(12)23-16)24-19(26)25-30(22,28)18-13(21)9-15(29-18)20(4,5)27/h9-10,27H,6-8H2,1-5H3,(H3,22,23,24,25,26,28)/t30-/m0/s1. The van der Waals surface area contributed by atoms with E-state index in [1.54, 1.807) is 0 Å². The predicted octanol–water partition coefficient (Wildman–Crippen LogP) is 4.36. The predicted molar refractivity (Wildman–Crippen MR) is 117 cm³/mol. The Morgan fingerprint density at radius 2 is 2.10 bits per heavy atom. The number of aromatic nitrogens is 1. The molecule has 1 aliphatic carbocycles. The molecule has 1 aliphatic rings. The first-order valence-corrected chi connectivity index (χ1v) is 12.1. The van der Waals surface area contributed by atoms with E-state index >= 15 is 0 Å². The van der Waals surface area contributed by atoms with Gasteiger partial charge in [-0.15, -0.1) is 15.7 Å². The van der Waals surface area contributed by atoms with Crippen molar-refractivity contribution in [3.8, 4) is 0 Å². The zero-order valence-electron chi connectivity index (χ0n) is 17.7. The molecule has 0 saturated carbocycles. The average Bonchev–Trinajstić information content (AvgIpc) is 3.22. The van der Waals surface area contributed by atoms with Gasteiger partial charge < -0.3 is 10.4 Å². The number of hydrogen-bond donors (Lipinski definition) is 3. The lowest BCUT2D eigenvalue weighted by atomic mass is 9.99. The maximum atomic E-state index is 14.3. The number of carbonyl (C=O) groups is 1. The number of aliphatic hydroxyl groups is 1. The molecule has 0 saturated heterocycles. The third-order valence-electron chi connectivity index (χ3n) is 5.03. The molecule has 0 aliphatic heterocycles. The van der Waals surface area contributed by atoms with E-state index in [1.165, 1.54) is 13.8 Å². The van der Waals surface area contributed by atoms with Crippen molar-refractivity contribution < 1.29 is 18.5 Å². The van der Waals surface area contributed by atoms with Gasteiger partial charge in [0, 0.05) is 16.3 Å². The fraction of sp³-hybridized carbons (Fsp3) is 0.500. The third kappa shape index (κ3) is 4.41. The van der Waals surface area contributed by atoms with Crippen LogP contribution in [0.15, 0.2) is 14.6 Å². The van der Waals surface area contributed by atoms with Gasteiger partial charge in [-0.1, -0.05) is 13.8 Å². The van der Waals surface area contributed by atoms with Crippen LogP contribution < -0.4 is 10.5 Å². The number of anilines is 1. The minimum atomic E-state index is -3.82. The van der Waals surface area contributed by atoms with Crippen molar-refractivity contribution in [2.75, 3.05) is 5.32 Å². The summed E-state index contributed by atoms with van der Waals surface area (Å²) >= 11 is 0.742. The van der Waals surface area contributed by atoms with Gasteiger partial charge in [-0.2, -0.15) is 0 Å². The second-order valence-electron chi connectivity index (χ2n) is 8.33. The highest BCUT2D eigenvalue weighted by molar-refractivity contribution is 7.93. The van der Waals surface area contributed by atoms with Gasteiger partial charge in [0.1, 0.15) is 0 Å². The number of fused-ring (bicyclic) bond motifs is 1. The Balaban J connectivity index is 1.99. The molecule has 10 heteroatoms. The van der Waals surface area contributed by atoms with E-state index in [0.717, 1.165) is 59.2 Å². The molecular weight excluding hydrogens is 427 g/mol. The van der Waals surface area contributed by atoms with Crippen molar-refractivity contribution in [3.05, 3.63) is 39.3 Å². The summed E-state index contributed by atoms with van der Waals surface area (Å²) in [6.45, 7) is 8.88. The summed E-state index contributed by atoms with van der Waals surface area (Å²) in [7, 11) is -3.82. The Labute approximate surface area is 180 Å². The van der Waals surface area contributed by atoms with Crippen LogP contribution in [0.3, 0.4) is 0 Å². The molecule has 0 bridgehead atoms. The van der Waals surface area contributed by atoms with E-state index in [2.05, 4.69) is 9.68 Å². The molecule has 7 nitrogen and oxygen atoms in total. The molecule has 0 fully saturated rings. The van der Waals surface area contributed by atoms with E-state index in [9.17, 15) is 18.5 Å². The Kier molecular flexibility index (Phi) is 6.07. The highest BCUT2D eigenvalue weighted by atomic mass is 32.2. The van der Waals surface area contributed by atoms with E-state index in [1.807, 2.05) is 20.8 Å². The number of pyridine rings is 1. The van der Waals surface area contributed by atoms with Crippen molar-refractivity contribution in [1.29, 1.82) is 0 Å². The van der Waals surface area contributed by atoms with E-state index < -0.39 is 27.4 Å². The van der Waals surface area contributed by atoms with Gasteiger partial charge in [0.25, 0.3) is 0 Å². The van der Waals surface area contributed by atoms with Gasteiger partial charge in [0.05, 0.1) is 11.3 Å². The molecule has 164 valence electrons. The van der Waals surface area contributed by atoms with Crippen molar-refractivity contribution in [3.63, 3.8) is 0 Å². The van der Waals surface area contributed by atoms with Gasteiger partial charge in [0.2, 0.25) is 0 Å². The number of aryl methyl sites for hydroxylation is 1. The van der Waals surface area contributed by atoms with Crippen LogP contribution in [0.5, 0.6) is 0 Å². The fourth-order valence-electron chi connectivity index (χ4n) is 3.58. The van der Waals surface area contributed by atoms with Crippen molar-refractivity contribution >= 4 is 33.0 Å². The second-order valence-corrected chi connectivity index (χ2v) is 11.4. The van der Waals surface area contributed by atoms with E-state index in [0.29, 0.717) is 5.69 Å². The van der Waals surface area contributed by atoms with E-state index in [-0.39, 0.29) is 15.0 Å². The second kappa shape index (κ2) is 7.99. The zero-order chi connectivity index (χ0) is 22.4. The van der Waals surface area contributed by atoms with Crippen LogP contribution in [0.4, 0.5) is 14.9 Å². The summed E-state index contributed by atoms with van der Waals surface area (Å²) in [4.78, 5) is 17.6. The molecule has 0 radical (unpaired) electrons. The summed E-state index contributed by atoms with van der Waals surface area (Å²) < 4.78 is 30.4. The lowest BCUT2D eigenvalue weighted by Crippen LogP contribution is -2.19. The van der Waals surface area contributed by atoms with Crippen LogP contribution in [0, 0.1) is 12.7 Å². The van der Waals surface area contributed by atoms with E-state index in [4.69, 9.17) is 10.1 Å². The molecule has 2 heterocycles. The number of rotatable bonds is 4. The number of carbonyl (C=O) groups excluding carboxylic acids is 1. The van der Waals surface area contributed by atoms with Crippen molar-refractivity contribution in [1.82, 2.24) is 4.98 Å². The molecular formula is C20H27FN4O3S2. The normalized spacial score (nSPS) is 15.8. The summed E-state index contributed by atoms with van der Waals surface area (Å²) in [5.74, 6) is -0.688. The number of nitrogens with two attached hydrogens (primary N) is 1. The molecule has 1 atom stereocenters. The highest BCUT2D eigenvalue weighted by Crippen LogP contribution is 2.35. The third-order valence-corrected chi connectivity index (χ3v) is 8.37. The highest BCUT2D eigenvalue weighted by Gasteiger charge is 2.27. The number of nitrogens with zero attached hydrogens (tertiary/aromatic N) is 2. The Morgan fingerprint density at radius 1 is 1.43 bits per heavy atom. The number of halogens is 1. The SMILES string of the molecule is Cc1c(C(C)C)nc2c(c1NC(=O)N=[S@](N)(=O)c1sc(C(C)(C)O)cc1F)CCC2. The topological polar surface area (TPSA) is 118 Å². The van der Waals surface area contributed by atoms with Crippen molar-refractivity contribution in [2.24, 2.45) is 9.50 Å². The summed E-state index contributed by atoms with van der Waals surface area (Å²) in [6.07, 6.45) is 2.56. The van der Waals surface area contributed by atoms with Crippen LogP contribution in [-0.4, -0.2) is 20.3 Å². The lowest BCUT2D eigenvalue weighted by Gasteiger charge is -2.18. The quantitative estimate of drug-likeness (QED) is 0.636. The first kappa shape index (κ1) is 22.8. The van der Waals surface area contributed by atoms with Gasteiger partial charge in [-0.05, 0) is 63.1 Å². The Hall–Kier alpha value is -1.88. The largest absolute Gasteiger partial charge is 0.385 e. The Morgan fingerprint density at radius 3 is 2.67 bits per heavy atom. The Bertz CT molecular complexity index is 1130. The number of nitrogens with one attached hydrogen (secondary N) is 1. The van der Waals surface area contributed by atoms with Crippen LogP contribution in [0.25, 0.3) is 0 Å². The number of hydrogen-bond acceptors (Lipinski definition) is 5. The molecule has 2 amide bonds. The lowest BCUT2D eigenvalue weighted by molar-refractivity contribution is 0.0823. The number of urea groups is 1. The number of thiophene rings is 1. The molecule has 0 aromatic carbocycles. The molecule has 4 N–H and O–H groups in total. The minimum Gasteiger partial charge on any atom is -0.385 e. The fourth-order valence-corrected chi connectivity index (χ4v) is 5.92.